The second kappa shape index (κ2) is 8.14. The second-order valence-corrected chi connectivity index (χ2v) is 7.84. The highest BCUT2D eigenvalue weighted by molar-refractivity contribution is 6.07. The highest BCUT2D eigenvalue weighted by Crippen LogP contribution is 2.30. The largest absolute Gasteiger partial charge is 0.492 e. The molecule has 2 aromatic rings. The fourth-order valence-corrected chi connectivity index (χ4v) is 3.65. The van der Waals surface area contributed by atoms with E-state index in [1.165, 1.54) is 29.8 Å². The van der Waals surface area contributed by atoms with Crippen LogP contribution in [0, 0.1) is 17.0 Å². The number of ether oxygens (including phenoxy) is 1. The molecule has 1 fully saturated rings. The van der Waals surface area contributed by atoms with Crippen molar-refractivity contribution in [3.8, 4) is 5.75 Å². The van der Waals surface area contributed by atoms with Gasteiger partial charge in [0.2, 0.25) is 0 Å². The molecule has 1 atom stereocenters. The number of nitro groups is 1. The number of nitrogens with one attached hydrogen (secondary N) is 1. The third kappa shape index (κ3) is 3.98. The number of nitro benzene ring substituents is 1. The van der Waals surface area contributed by atoms with E-state index in [-0.39, 0.29) is 18.8 Å². The van der Waals surface area contributed by atoms with Crippen LogP contribution in [0.15, 0.2) is 42.5 Å². The van der Waals surface area contributed by atoms with Crippen LogP contribution in [0.25, 0.3) is 0 Å². The van der Waals surface area contributed by atoms with Gasteiger partial charge in [0.05, 0.1) is 11.5 Å². The van der Waals surface area contributed by atoms with Gasteiger partial charge in [-0.15, -0.1) is 0 Å². The van der Waals surface area contributed by atoms with Crippen molar-refractivity contribution in [3.63, 3.8) is 0 Å². The minimum absolute atomic E-state index is 0.0804. The van der Waals surface area contributed by atoms with Gasteiger partial charge in [-0.25, -0.2) is 4.79 Å². The first-order chi connectivity index (χ1) is 14.1. The Hall–Kier alpha value is -3.42. The molecule has 0 radical (unpaired) electrons. The van der Waals surface area contributed by atoms with Crippen molar-refractivity contribution in [2.75, 3.05) is 13.2 Å². The van der Waals surface area contributed by atoms with Crippen LogP contribution in [-0.2, 0) is 10.3 Å². The summed E-state index contributed by atoms with van der Waals surface area (Å²) in [6.07, 6.45) is 0. The molecule has 1 unspecified atom stereocenters. The summed E-state index contributed by atoms with van der Waals surface area (Å²) in [5.41, 5.74) is 1.50. The Labute approximate surface area is 175 Å². The summed E-state index contributed by atoms with van der Waals surface area (Å²) in [6, 6.07) is 10.9. The number of rotatable bonds is 7. The van der Waals surface area contributed by atoms with E-state index in [0.717, 1.165) is 10.5 Å². The molecule has 158 valence electrons. The zero-order chi connectivity index (χ0) is 22.1. The van der Waals surface area contributed by atoms with E-state index in [2.05, 4.69) is 19.2 Å². The minimum atomic E-state index is -1.28. The quantitative estimate of drug-likeness (QED) is 0.423. The molecule has 0 aromatic heterocycles. The van der Waals surface area contributed by atoms with Gasteiger partial charge in [0, 0.05) is 12.1 Å². The molecule has 1 heterocycles. The van der Waals surface area contributed by atoms with E-state index in [4.69, 9.17) is 4.74 Å². The molecule has 3 amide bonds. The normalized spacial score (nSPS) is 18.6. The lowest BCUT2D eigenvalue weighted by molar-refractivity contribution is -0.384. The SMILES string of the molecule is Cc1cc(OCCN2C(=O)NC(C)(c3ccc([N+](=O)[O-])cc3)C2=O)ccc1C(C)C. The Kier molecular flexibility index (Phi) is 5.78. The van der Waals surface area contributed by atoms with Gasteiger partial charge < -0.3 is 10.1 Å². The second-order valence-electron chi connectivity index (χ2n) is 7.84. The maximum atomic E-state index is 12.9. The monoisotopic (exact) mass is 411 g/mol. The first kappa shape index (κ1) is 21.3. The molecule has 2 aromatic carbocycles. The van der Waals surface area contributed by atoms with Gasteiger partial charge in [-0.05, 0) is 60.7 Å². The van der Waals surface area contributed by atoms with E-state index >= 15 is 0 Å². The molecule has 1 aliphatic heterocycles. The first-order valence-corrected chi connectivity index (χ1v) is 9.76. The molecule has 8 nitrogen and oxygen atoms in total. The van der Waals surface area contributed by atoms with E-state index in [1.807, 2.05) is 25.1 Å². The molecule has 30 heavy (non-hydrogen) atoms. The molecule has 1 saturated heterocycles. The smallest absolute Gasteiger partial charge is 0.325 e. The zero-order valence-electron chi connectivity index (χ0n) is 17.5. The standard InChI is InChI=1S/C22H25N3O5/c1-14(2)19-10-9-18(13-15(19)3)30-12-11-24-20(26)22(4,23-21(24)27)16-5-7-17(8-6-16)25(28)29/h5-10,13-14H,11-12H2,1-4H3,(H,23,27). The number of aryl methyl sites for hydroxylation is 1. The summed E-state index contributed by atoms with van der Waals surface area (Å²) in [6.45, 7) is 8.12. The van der Waals surface area contributed by atoms with E-state index in [9.17, 15) is 19.7 Å². The van der Waals surface area contributed by atoms with Crippen LogP contribution in [0.1, 0.15) is 43.4 Å². The Morgan fingerprint density at radius 1 is 1.17 bits per heavy atom. The summed E-state index contributed by atoms with van der Waals surface area (Å²) >= 11 is 0. The number of hydrogen-bond acceptors (Lipinski definition) is 5. The van der Waals surface area contributed by atoms with Gasteiger partial charge in [-0.2, -0.15) is 0 Å². The highest BCUT2D eigenvalue weighted by Gasteiger charge is 2.48. The van der Waals surface area contributed by atoms with Crippen LogP contribution >= 0.6 is 0 Å². The van der Waals surface area contributed by atoms with E-state index in [1.54, 1.807) is 6.92 Å². The van der Waals surface area contributed by atoms with Crippen molar-refractivity contribution < 1.29 is 19.2 Å². The Bertz CT molecular complexity index is 987. The average Bonchev–Trinajstić information content (AvgIpc) is 2.91. The van der Waals surface area contributed by atoms with Gasteiger partial charge in [0.25, 0.3) is 11.6 Å². The summed E-state index contributed by atoms with van der Waals surface area (Å²) in [5.74, 6) is 0.681. The highest BCUT2D eigenvalue weighted by atomic mass is 16.6. The van der Waals surface area contributed by atoms with Crippen molar-refractivity contribution >= 4 is 17.6 Å². The number of nitrogens with zero attached hydrogens (tertiary/aromatic N) is 2. The molecular formula is C22H25N3O5. The third-order valence-corrected chi connectivity index (χ3v) is 5.38. The molecule has 1 aliphatic rings. The molecule has 0 aliphatic carbocycles. The van der Waals surface area contributed by atoms with E-state index in [0.29, 0.717) is 17.2 Å². The van der Waals surface area contributed by atoms with E-state index < -0.39 is 22.4 Å². The molecule has 3 rings (SSSR count). The minimum Gasteiger partial charge on any atom is -0.492 e. The summed E-state index contributed by atoms with van der Waals surface area (Å²) in [5, 5.41) is 13.5. The average molecular weight is 411 g/mol. The zero-order valence-corrected chi connectivity index (χ0v) is 17.5. The Balaban J connectivity index is 1.66. The molecule has 0 saturated carbocycles. The van der Waals surface area contributed by atoms with Gasteiger partial charge in [0.1, 0.15) is 17.9 Å². The molecule has 1 N–H and O–H groups in total. The predicted octanol–water partition coefficient (Wildman–Crippen LogP) is 3.87. The van der Waals surface area contributed by atoms with Crippen molar-refractivity contribution in [1.29, 1.82) is 0 Å². The number of urea groups is 1. The topological polar surface area (TPSA) is 102 Å². The third-order valence-electron chi connectivity index (χ3n) is 5.38. The van der Waals surface area contributed by atoms with Crippen molar-refractivity contribution in [2.24, 2.45) is 0 Å². The molecular weight excluding hydrogens is 386 g/mol. The van der Waals surface area contributed by atoms with Crippen LogP contribution in [0.2, 0.25) is 0 Å². The lowest BCUT2D eigenvalue weighted by atomic mass is 9.92. The summed E-state index contributed by atoms with van der Waals surface area (Å²) in [7, 11) is 0. The maximum absolute atomic E-state index is 12.9. The van der Waals surface area contributed by atoms with Gasteiger partial charge in [-0.1, -0.05) is 19.9 Å². The summed E-state index contributed by atoms with van der Waals surface area (Å²) in [4.78, 5) is 36.8. The number of benzene rings is 2. The van der Waals surface area contributed by atoms with Crippen LogP contribution in [0.5, 0.6) is 5.75 Å². The predicted molar refractivity (Wildman–Crippen MR) is 111 cm³/mol. The Morgan fingerprint density at radius 3 is 2.40 bits per heavy atom. The molecule has 0 spiro atoms. The van der Waals surface area contributed by atoms with Crippen LogP contribution in [-0.4, -0.2) is 34.9 Å². The number of hydrogen-bond donors (Lipinski definition) is 1. The molecule has 0 bridgehead atoms. The summed E-state index contributed by atoms with van der Waals surface area (Å²) < 4.78 is 5.75. The number of amides is 3. The van der Waals surface area contributed by atoms with Crippen molar-refractivity contribution in [3.05, 3.63) is 69.3 Å². The van der Waals surface area contributed by atoms with Gasteiger partial charge in [-0.3, -0.25) is 19.8 Å². The fourth-order valence-electron chi connectivity index (χ4n) is 3.65. The van der Waals surface area contributed by atoms with Crippen LogP contribution in [0.3, 0.4) is 0 Å². The van der Waals surface area contributed by atoms with Crippen molar-refractivity contribution in [1.82, 2.24) is 10.2 Å². The number of carbonyl (C=O) groups is 2. The first-order valence-electron chi connectivity index (χ1n) is 9.76. The Morgan fingerprint density at radius 2 is 1.83 bits per heavy atom. The molecule has 8 heteroatoms. The van der Waals surface area contributed by atoms with Gasteiger partial charge in [0.15, 0.2) is 0 Å². The lowest BCUT2D eigenvalue weighted by Gasteiger charge is -2.22. The number of non-ortho nitro benzene ring substituents is 1. The maximum Gasteiger partial charge on any atom is 0.325 e. The van der Waals surface area contributed by atoms with Crippen LogP contribution < -0.4 is 10.1 Å². The number of imide groups is 1. The number of carbonyl (C=O) groups excluding carboxylic acids is 2. The lowest BCUT2D eigenvalue weighted by Crippen LogP contribution is -2.41. The van der Waals surface area contributed by atoms with Crippen molar-refractivity contribution in [2.45, 2.75) is 39.2 Å². The van der Waals surface area contributed by atoms with Crippen LogP contribution in [0.4, 0.5) is 10.5 Å². The van der Waals surface area contributed by atoms with Gasteiger partial charge >= 0.3 is 6.03 Å². The fraction of sp³-hybridized carbons (Fsp3) is 0.364.